The van der Waals surface area contributed by atoms with Crippen molar-refractivity contribution in [2.45, 2.75) is 43.2 Å². The largest absolute Gasteiger partial charge is 0.439 e. The molecule has 1 saturated carbocycles. The molecule has 15 heavy (non-hydrogen) atoms. The fourth-order valence-electron chi connectivity index (χ4n) is 2.58. The maximum Gasteiger partial charge on any atom is 0.409 e. The maximum atomic E-state index is 11.3. The Balaban J connectivity index is 2.35. The Morgan fingerprint density at radius 1 is 1.47 bits per heavy atom. The first-order valence-electron chi connectivity index (χ1n) is 5.21. The van der Waals surface area contributed by atoms with Gasteiger partial charge in [0, 0.05) is 0 Å². The van der Waals surface area contributed by atoms with Crippen molar-refractivity contribution in [1.82, 2.24) is 5.32 Å². The predicted molar refractivity (Wildman–Crippen MR) is 50.9 cm³/mol. The molecular weight excluding hydrogens is 196 g/mol. The smallest absolute Gasteiger partial charge is 0.409 e. The standard InChI is InChI=1S/C10H14N2O3/c11-6-9(7-13)10(15-8(14)12-9)4-2-1-3-5-10/h13H,1-5,7H2,(H,12,14). The summed E-state index contributed by atoms with van der Waals surface area (Å²) < 4.78 is 5.26. The number of amides is 1. The van der Waals surface area contributed by atoms with Gasteiger partial charge in [0.15, 0.2) is 11.1 Å². The van der Waals surface area contributed by atoms with Crippen LogP contribution < -0.4 is 5.32 Å². The first-order chi connectivity index (χ1) is 7.18. The summed E-state index contributed by atoms with van der Waals surface area (Å²) in [5.74, 6) is 0. The monoisotopic (exact) mass is 210 g/mol. The van der Waals surface area contributed by atoms with E-state index >= 15 is 0 Å². The zero-order chi connectivity index (χ0) is 10.9. The van der Waals surface area contributed by atoms with E-state index in [1.807, 2.05) is 6.07 Å². The number of aliphatic hydroxyl groups is 1. The third-order valence-electron chi connectivity index (χ3n) is 3.47. The molecular formula is C10H14N2O3. The van der Waals surface area contributed by atoms with Crippen LogP contribution in [0.1, 0.15) is 32.1 Å². The number of carbonyl (C=O) groups excluding carboxylic acids is 1. The van der Waals surface area contributed by atoms with E-state index in [1.165, 1.54) is 0 Å². The molecule has 1 heterocycles. The third-order valence-corrected chi connectivity index (χ3v) is 3.47. The normalized spacial score (nSPS) is 33.2. The molecule has 1 unspecified atom stereocenters. The highest BCUT2D eigenvalue weighted by Crippen LogP contribution is 2.43. The summed E-state index contributed by atoms with van der Waals surface area (Å²) in [5, 5.41) is 20.9. The zero-order valence-corrected chi connectivity index (χ0v) is 8.45. The lowest BCUT2D eigenvalue weighted by molar-refractivity contribution is -0.0293. The minimum atomic E-state index is -1.25. The van der Waals surface area contributed by atoms with Gasteiger partial charge in [-0.15, -0.1) is 0 Å². The Bertz CT molecular complexity index is 317. The van der Waals surface area contributed by atoms with Crippen LogP contribution >= 0.6 is 0 Å². The Hall–Kier alpha value is -1.28. The number of rotatable bonds is 1. The number of hydrogen-bond acceptors (Lipinski definition) is 4. The van der Waals surface area contributed by atoms with Crippen molar-refractivity contribution < 1.29 is 14.6 Å². The average molecular weight is 210 g/mol. The Morgan fingerprint density at radius 2 is 2.13 bits per heavy atom. The van der Waals surface area contributed by atoms with Gasteiger partial charge in [-0.25, -0.2) is 4.79 Å². The molecule has 5 nitrogen and oxygen atoms in total. The third kappa shape index (κ3) is 1.29. The number of alkyl carbamates (subject to hydrolysis) is 1. The molecule has 1 atom stereocenters. The predicted octanol–water partition coefficient (Wildman–Crippen LogP) is 0.684. The number of nitriles is 1. The molecule has 0 bridgehead atoms. The van der Waals surface area contributed by atoms with E-state index in [4.69, 9.17) is 10.00 Å². The van der Waals surface area contributed by atoms with E-state index in [0.717, 1.165) is 19.3 Å². The van der Waals surface area contributed by atoms with Crippen LogP contribution in [0.25, 0.3) is 0 Å². The van der Waals surface area contributed by atoms with E-state index in [-0.39, 0.29) is 0 Å². The molecule has 2 rings (SSSR count). The van der Waals surface area contributed by atoms with Gasteiger partial charge in [0.05, 0.1) is 12.7 Å². The highest BCUT2D eigenvalue weighted by atomic mass is 16.6. The van der Waals surface area contributed by atoms with Gasteiger partial charge in [0.25, 0.3) is 0 Å². The topological polar surface area (TPSA) is 82.4 Å². The SMILES string of the molecule is N#CC1(CO)NC(=O)OC12CCCCC2. The van der Waals surface area contributed by atoms with Crippen molar-refractivity contribution in [1.29, 1.82) is 5.26 Å². The van der Waals surface area contributed by atoms with E-state index < -0.39 is 23.8 Å². The number of ether oxygens (including phenoxy) is 1. The van der Waals surface area contributed by atoms with Gasteiger partial charge in [0.2, 0.25) is 0 Å². The van der Waals surface area contributed by atoms with Crippen LogP contribution in [-0.4, -0.2) is 28.9 Å². The Kier molecular flexibility index (Phi) is 2.31. The molecule has 1 spiro atoms. The van der Waals surface area contributed by atoms with Gasteiger partial charge >= 0.3 is 6.09 Å². The summed E-state index contributed by atoms with van der Waals surface area (Å²) in [6, 6.07) is 2.01. The van der Waals surface area contributed by atoms with Crippen molar-refractivity contribution in [2.24, 2.45) is 0 Å². The van der Waals surface area contributed by atoms with Crippen LogP contribution in [0.2, 0.25) is 0 Å². The number of nitrogens with zero attached hydrogens (tertiary/aromatic N) is 1. The molecule has 1 aliphatic heterocycles. The average Bonchev–Trinajstić information content (AvgIpc) is 2.52. The van der Waals surface area contributed by atoms with Crippen LogP contribution in [-0.2, 0) is 4.74 Å². The quantitative estimate of drug-likeness (QED) is 0.666. The lowest BCUT2D eigenvalue weighted by atomic mass is 9.72. The molecule has 0 radical (unpaired) electrons. The maximum absolute atomic E-state index is 11.3. The molecule has 1 saturated heterocycles. The summed E-state index contributed by atoms with van der Waals surface area (Å²) >= 11 is 0. The van der Waals surface area contributed by atoms with Crippen LogP contribution in [0.4, 0.5) is 4.79 Å². The fourth-order valence-corrected chi connectivity index (χ4v) is 2.58. The van der Waals surface area contributed by atoms with E-state index in [9.17, 15) is 9.90 Å². The molecule has 0 aromatic heterocycles. The lowest BCUT2D eigenvalue weighted by Gasteiger charge is -2.39. The lowest BCUT2D eigenvalue weighted by Crippen LogP contribution is -2.59. The Morgan fingerprint density at radius 3 is 2.67 bits per heavy atom. The second-order valence-corrected chi connectivity index (χ2v) is 4.24. The van der Waals surface area contributed by atoms with Crippen molar-refractivity contribution >= 4 is 6.09 Å². The van der Waals surface area contributed by atoms with Crippen LogP contribution in [0.5, 0.6) is 0 Å². The molecule has 2 N–H and O–H groups in total. The van der Waals surface area contributed by atoms with Crippen molar-refractivity contribution in [2.75, 3.05) is 6.61 Å². The highest BCUT2D eigenvalue weighted by Gasteiger charge is 2.61. The Labute approximate surface area is 88.0 Å². The molecule has 2 aliphatic rings. The summed E-state index contributed by atoms with van der Waals surface area (Å²) in [6.45, 7) is -0.394. The van der Waals surface area contributed by atoms with Gasteiger partial charge in [-0.1, -0.05) is 6.42 Å². The van der Waals surface area contributed by atoms with Crippen molar-refractivity contribution in [3.8, 4) is 6.07 Å². The second kappa shape index (κ2) is 3.38. The number of hydrogen-bond donors (Lipinski definition) is 2. The minimum absolute atomic E-state index is 0.394. The number of aliphatic hydroxyl groups excluding tert-OH is 1. The van der Waals surface area contributed by atoms with E-state index in [1.54, 1.807) is 0 Å². The first kappa shape index (κ1) is 10.2. The second-order valence-electron chi connectivity index (χ2n) is 4.24. The van der Waals surface area contributed by atoms with E-state index in [0.29, 0.717) is 12.8 Å². The molecule has 0 aromatic rings. The van der Waals surface area contributed by atoms with Crippen LogP contribution in [0.3, 0.4) is 0 Å². The molecule has 82 valence electrons. The number of nitrogens with one attached hydrogen (secondary N) is 1. The molecule has 5 heteroatoms. The van der Waals surface area contributed by atoms with Gasteiger partial charge < -0.3 is 9.84 Å². The van der Waals surface area contributed by atoms with Gasteiger partial charge in [-0.3, -0.25) is 5.32 Å². The summed E-state index contributed by atoms with van der Waals surface area (Å²) in [5.41, 5.74) is -2.06. The molecule has 1 aliphatic carbocycles. The first-order valence-corrected chi connectivity index (χ1v) is 5.21. The highest BCUT2D eigenvalue weighted by molar-refractivity contribution is 5.73. The van der Waals surface area contributed by atoms with Gasteiger partial charge in [-0.2, -0.15) is 5.26 Å². The molecule has 1 amide bonds. The van der Waals surface area contributed by atoms with Crippen molar-refractivity contribution in [3.05, 3.63) is 0 Å². The van der Waals surface area contributed by atoms with Crippen LogP contribution in [0, 0.1) is 11.3 Å². The number of carbonyl (C=O) groups is 1. The van der Waals surface area contributed by atoms with Gasteiger partial charge in [0.1, 0.15) is 0 Å². The van der Waals surface area contributed by atoms with Crippen molar-refractivity contribution in [3.63, 3.8) is 0 Å². The van der Waals surface area contributed by atoms with Crippen LogP contribution in [0.15, 0.2) is 0 Å². The minimum Gasteiger partial charge on any atom is -0.439 e. The fraction of sp³-hybridized carbons (Fsp3) is 0.800. The van der Waals surface area contributed by atoms with E-state index in [2.05, 4.69) is 5.32 Å². The zero-order valence-electron chi connectivity index (χ0n) is 8.45. The molecule has 0 aromatic carbocycles. The summed E-state index contributed by atoms with van der Waals surface area (Å²) in [6.07, 6.45) is 3.66. The summed E-state index contributed by atoms with van der Waals surface area (Å²) in [4.78, 5) is 11.3. The molecule has 2 fully saturated rings. The summed E-state index contributed by atoms with van der Waals surface area (Å²) in [7, 11) is 0. The van der Waals surface area contributed by atoms with Gasteiger partial charge in [-0.05, 0) is 25.7 Å².